The van der Waals surface area contributed by atoms with Crippen LogP contribution < -0.4 is 0 Å². The third-order valence-corrected chi connectivity index (χ3v) is 2.36. The summed E-state index contributed by atoms with van der Waals surface area (Å²) in [5, 5.41) is 8.51. The molecule has 0 aliphatic carbocycles. The molecule has 1 aromatic rings. The van der Waals surface area contributed by atoms with Gasteiger partial charge in [-0.15, -0.1) is 0 Å². The molecule has 2 nitrogen and oxygen atoms in total. The van der Waals surface area contributed by atoms with Crippen LogP contribution in [0.15, 0.2) is 18.2 Å². The smallest absolute Gasteiger partial charge is 0.321 e. The number of halogens is 3. The van der Waals surface area contributed by atoms with E-state index in [-0.39, 0.29) is 5.56 Å². The molecule has 0 saturated carbocycles. The lowest BCUT2D eigenvalue weighted by atomic mass is 10.1. The van der Waals surface area contributed by atoms with Crippen molar-refractivity contribution in [1.29, 1.82) is 0 Å². The van der Waals surface area contributed by atoms with Gasteiger partial charge in [-0.2, -0.15) is 0 Å². The van der Waals surface area contributed by atoms with Crippen molar-refractivity contribution < 1.29 is 18.7 Å². The normalized spacial score (nSPS) is 12.5. The molecule has 0 amide bonds. The molecule has 70 valence electrons. The van der Waals surface area contributed by atoms with E-state index in [1.54, 1.807) is 0 Å². The number of hydrogen-bond acceptors (Lipinski definition) is 1. The number of carboxylic acid groups (broad SMARTS) is 1. The molecular formula is C8H5BrF2O2. The summed E-state index contributed by atoms with van der Waals surface area (Å²) >= 11 is 2.73. The number of benzene rings is 1. The molecule has 5 heteroatoms. The molecule has 0 spiro atoms. The topological polar surface area (TPSA) is 37.3 Å². The van der Waals surface area contributed by atoms with E-state index >= 15 is 0 Å². The number of carboxylic acids is 1. The van der Waals surface area contributed by atoms with E-state index in [1.807, 2.05) is 0 Å². The average molecular weight is 251 g/mol. The van der Waals surface area contributed by atoms with Crippen LogP contribution in [0.2, 0.25) is 0 Å². The van der Waals surface area contributed by atoms with Gasteiger partial charge in [-0.05, 0) is 6.07 Å². The Bertz CT molecular complexity index is 341. The first-order chi connectivity index (χ1) is 6.04. The van der Waals surface area contributed by atoms with Crippen molar-refractivity contribution in [2.75, 3.05) is 0 Å². The van der Waals surface area contributed by atoms with E-state index in [0.717, 1.165) is 6.07 Å². The predicted molar refractivity (Wildman–Crippen MR) is 45.7 cm³/mol. The molecule has 1 atom stereocenters. The summed E-state index contributed by atoms with van der Waals surface area (Å²) in [6.45, 7) is 0. The Morgan fingerprint density at radius 2 is 2.08 bits per heavy atom. The van der Waals surface area contributed by atoms with Crippen molar-refractivity contribution in [3.05, 3.63) is 35.4 Å². The Hall–Kier alpha value is -0.970. The van der Waals surface area contributed by atoms with E-state index in [9.17, 15) is 13.6 Å². The van der Waals surface area contributed by atoms with Gasteiger partial charge < -0.3 is 5.11 Å². The fourth-order valence-corrected chi connectivity index (χ4v) is 1.20. The van der Waals surface area contributed by atoms with Crippen LogP contribution in [-0.2, 0) is 4.79 Å². The summed E-state index contributed by atoms with van der Waals surface area (Å²) in [7, 11) is 0. The lowest BCUT2D eigenvalue weighted by Crippen LogP contribution is -2.07. The molecule has 0 fully saturated rings. The van der Waals surface area contributed by atoms with E-state index in [1.165, 1.54) is 12.1 Å². The van der Waals surface area contributed by atoms with E-state index in [0.29, 0.717) is 0 Å². The minimum absolute atomic E-state index is 0.215. The minimum Gasteiger partial charge on any atom is -0.480 e. The van der Waals surface area contributed by atoms with Gasteiger partial charge in [0, 0.05) is 5.56 Å². The Labute approximate surface area is 81.3 Å². The Morgan fingerprint density at radius 3 is 2.62 bits per heavy atom. The molecule has 1 unspecified atom stereocenters. The van der Waals surface area contributed by atoms with Crippen LogP contribution in [0, 0.1) is 11.6 Å². The van der Waals surface area contributed by atoms with Gasteiger partial charge in [0.05, 0.1) is 0 Å². The number of carbonyl (C=O) groups is 1. The second kappa shape index (κ2) is 3.83. The highest BCUT2D eigenvalue weighted by molar-refractivity contribution is 9.09. The summed E-state index contributed by atoms with van der Waals surface area (Å²) in [6, 6.07) is 3.40. The van der Waals surface area contributed by atoms with Gasteiger partial charge in [-0.3, -0.25) is 4.79 Å². The van der Waals surface area contributed by atoms with Gasteiger partial charge in [-0.25, -0.2) is 8.78 Å². The minimum atomic E-state index is -1.26. The zero-order chi connectivity index (χ0) is 10.0. The molecule has 1 rings (SSSR count). The highest BCUT2D eigenvalue weighted by Gasteiger charge is 2.21. The molecular weight excluding hydrogens is 246 g/mol. The van der Waals surface area contributed by atoms with Crippen LogP contribution in [-0.4, -0.2) is 11.1 Å². The van der Waals surface area contributed by atoms with Crippen molar-refractivity contribution in [1.82, 2.24) is 0 Å². The fourth-order valence-electron chi connectivity index (χ4n) is 0.849. The molecule has 0 saturated heterocycles. The third-order valence-electron chi connectivity index (χ3n) is 1.47. The van der Waals surface area contributed by atoms with E-state index in [4.69, 9.17) is 5.11 Å². The average Bonchev–Trinajstić information content (AvgIpc) is 2.08. The maximum absolute atomic E-state index is 12.9. The van der Waals surface area contributed by atoms with Gasteiger partial charge in [0.25, 0.3) is 0 Å². The monoisotopic (exact) mass is 250 g/mol. The molecule has 1 aromatic carbocycles. The van der Waals surface area contributed by atoms with Crippen molar-refractivity contribution in [2.45, 2.75) is 4.83 Å². The summed E-state index contributed by atoms with van der Waals surface area (Å²) in [5.41, 5.74) is -0.215. The van der Waals surface area contributed by atoms with Crippen molar-refractivity contribution in [3.8, 4) is 0 Å². The number of aliphatic carboxylic acids is 1. The first-order valence-corrected chi connectivity index (χ1v) is 4.26. The first kappa shape index (κ1) is 10.1. The molecule has 0 heterocycles. The van der Waals surface area contributed by atoms with E-state index in [2.05, 4.69) is 15.9 Å². The van der Waals surface area contributed by atoms with Crippen LogP contribution in [0.5, 0.6) is 0 Å². The van der Waals surface area contributed by atoms with Crippen molar-refractivity contribution >= 4 is 21.9 Å². The molecule has 1 N–H and O–H groups in total. The molecule has 0 radical (unpaired) electrons. The summed E-state index contributed by atoms with van der Waals surface area (Å²) in [6.07, 6.45) is 0. The zero-order valence-electron chi connectivity index (χ0n) is 6.30. The highest BCUT2D eigenvalue weighted by atomic mass is 79.9. The lowest BCUT2D eigenvalue weighted by molar-refractivity contribution is -0.136. The molecule has 0 aliphatic heterocycles. The van der Waals surface area contributed by atoms with E-state index < -0.39 is 22.4 Å². The molecule has 0 aliphatic rings. The number of hydrogen-bond donors (Lipinski definition) is 1. The summed E-state index contributed by atoms with van der Waals surface area (Å²) in [4.78, 5) is 9.21. The predicted octanol–water partition coefficient (Wildman–Crippen LogP) is 2.49. The van der Waals surface area contributed by atoms with Crippen LogP contribution in [0.3, 0.4) is 0 Å². The van der Waals surface area contributed by atoms with Gasteiger partial charge in [0.15, 0.2) is 11.6 Å². The van der Waals surface area contributed by atoms with Crippen LogP contribution >= 0.6 is 15.9 Å². The van der Waals surface area contributed by atoms with Gasteiger partial charge >= 0.3 is 5.97 Å². The Balaban J connectivity index is 3.15. The number of rotatable bonds is 2. The maximum Gasteiger partial charge on any atom is 0.321 e. The Kier molecular flexibility index (Phi) is 2.98. The summed E-state index contributed by atoms with van der Waals surface area (Å²) in [5.74, 6) is -3.44. The Morgan fingerprint density at radius 1 is 1.46 bits per heavy atom. The van der Waals surface area contributed by atoms with Gasteiger partial charge in [0.2, 0.25) is 0 Å². The molecule has 0 aromatic heterocycles. The van der Waals surface area contributed by atoms with Crippen molar-refractivity contribution in [3.63, 3.8) is 0 Å². The second-order valence-electron chi connectivity index (χ2n) is 2.34. The second-order valence-corrected chi connectivity index (χ2v) is 3.26. The highest BCUT2D eigenvalue weighted by Crippen LogP contribution is 2.26. The molecule has 13 heavy (non-hydrogen) atoms. The third kappa shape index (κ3) is 2.03. The van der Waals surface area contributed by atoms with Crippen LogP contribution in [0.4, 0.5) is 8.78 Å². The van der Waals surface area contributed by atoms with Gasteiger partial charge in [-0.1, -0.05) is 28.1 Å². The van der Waals surface area contributed by atoms with Crippen molar-refractivity contribution in [2.24, 2.45) is 0 Å². The van der Waals surface area contributed by atoms with Crippen LogP contribution in [0.25, 0.3) is 0 Å². The van der Waals surface area contributed by atoms with Crippen LogP contribution in [0.1, 0.15) is 10.4 Å². The SMILES string of the molecule is O=C(O)C(Br)c1cccc(F)c1F. The standard InChI is InChI=1S/C8H5BrF2O2/c9-6(8(12)13)4-2-1-3-5(10)7(4)11/h1-3,6H,(H,12,13). The summed E-state index contributed by atoms with van der Waals surface area (Å²) < 4.78 is 25.6. The van der Waals surface area contributed by atoms with Gasteiger partial charge in [0.1, 0.15) is 4.83 Å². The number of alkyl halides is 1. The first-order valence-electron chi connectivity index (χ1n) is 3.35. The largest absolute Gasteiger partial charge is 0.480 e. The molecule has 0 bridgehead atoms. The zero-order valence-corrected chi connectivity index (χ0v) is 7.88. The maximum atomic E-state index is 12.9. The fraction of sp³-hybridized carbons (Fsp3) is 0.125. The quantitative estimate of drug-likeness (QED) is 0.820. The lowest BCUT2D eigenvalue weighted by Gasteiger charge is -2.05.